The van der Waals surface area contributed by atoms with E-state index in [-0.39, 0.29) is 18.6 Å². The first-order valence-electron chi connectivity index (χ1n) is 7.52. The fraction of sp³-hybridized carbons (Fsp3) is 0.933. The van der Waals surface area contributed by atoms with Crippen molar-refractivity contribution in [2.45, 2.75) is 65.0 Å². The van der Waals surface area contributed by atoms with Crippen molar-refractivity contribution in [1.29, 1.82) is 0 Å². The Morgan fingerprint density at radius 3 is 2.47 bits per heavy atom. The summed E-state index contributed by atoms with van der Waals surface area (Å²) in [4.78, 5) is 11.7. The van der Waals surface area contributed by atoms with Crippen LogP contribution in [0.3, 0.4) is 0 Å². The second kappa shape index (κ2) is 7.25. The lowest BCUT2D eigenvalue weighted by molar-refractivity contribution is -0.150. The smallest absolute Gasteiger partial charge is 0.326 e. The highest BCUT2D eigenvalue weighted by Gasteiger charge is 2.51. The highest BCUT2D eigenvalue weighted by Crippen LogP contribution is 2.40. The van der Waals surface area contributed by atoms with Gasteiger partial charge in [-0.3, -0.25) is 10.1 Å². The maximum atomic E-state index is 11.7. The van der Waals surface area contributed by atoms with E-state index in [1.54, 1.807) is 0 Å². The molecule has 1 fully saturated rings. The molecule has 2 unspecified atom stereocenters. The third-order valence-corrected chi connectivity index (χ3v) is 3.75. The molecule has 0 amide bonds. The molecular formula is C15H29NO3. The van der Waals surface area contributed by atoms with Crippen molar-refractivity contribution in [3.8, 4) is 0 Å². The van der Waals surface area contributed by atoms with E-state index in [0.29, 0.717) is 5.92 Å². The molecule has 4 nitrogen and oxygen atoms in total. The highest BCUT2D eigenvalue weighted by molar-refractivity contribution is 5.80. The minimum Gasteiger partial charge on any atom is -0.480 e. The number of aliphatic carboxylic acids is 1. The van der Waals surface area contributed by atoms with Crippen molar-refractivity contribution in [3.63, 3.8) is 0 Å². The van der Waals surface area contributed by atoms with Gasteiger partial charge >= 0.3 is 5.97 Å². The predicted octanol–water partition coefficient (Wildman–Crippen LogP) is 2.67. The number of carbonyl (C=O) groups is 1. The molecule has 0 spiro atoms. The number of rotatable bonds is 10. The van der Waals surface area contributed by atoms with Crippen LogP contribution < -0.4 is 5.32 Å². The molecule has 1 rings (SSSR count). The fourth-order valence-electron chi connectivity index (χ4n) is 2.55. The molecule has 2 N–H and O–H groups in total. The molecular weight excluding hydrogens is 242 g/mol. The van der Waals surface area contributed by atoms with Crippen molar-refractivity contribution < 1.29 is 14.6 Å². The first-order chi connectivity index (χ1) is 8.92. The number of hydrogen-bond acceptors (Lipinski definition) is 3. The Kier molecular flexibility index (Phi) is 6.27. The minimum absolute atomic E-state index is 0.112. The fourth-order valence-corrected chi connectivity index (χ4v) is 2.55. The van der Waals surface area contributed by atoms with Crippen LogP contribution in [0, 0.1) is 11.8 Å². The van der Waals surface area contributed by atoms with Gasteiger partial charge in [0.25, 0.3) is 0 Å². The number of nitrogens with one attached hydrogen (secondary N) is 1. The van der Waals surface area contributed by atoms with Gasteiger partial charge in [0.2, 0.25) is 0 Å². The van der Waals surface area contributed by atoms with Crippen LogP contribution in [0.4, 0.5) is 0 Å². The molecule has 0 saturated heterocycles. The summed E-state index contributed by atoms with van der Waals surface area (Å²) in [5, 5.41) is 12.8. The summed E-state index contributed by atoms with van der Waals surface area (Å²) >= 11 is 0. The Hall–Kier alpha value is -0.610. The van der Waals surface area contributed by atoms with Gasteiger partial charge in [0.05, 0.1) is 12.7 Å². The molecule has 1 aliphatic rings. The van der Waals surface area contributed by atoms with E-state index in [9.17, 15) is 9.90 Å². The number of ether oxygens (including phenoxy) is 1. The molecule has 1 saturated carbocycles. The molecule has 0 bridgehead atoms. The lowest BCUT2D eigenvalue weighted by Crippen LogP contribution is -2.58. The Morgan fingerprint density at radius 1 is 1.42 bits per heavy atom. The van der Waals surface area contributed by atoms with Gasteiger partial charge in [0.15, 0.2) is 0 Å². The molecule has 0 aromatic rings. The monoisotopic (exact) mass is 271 g/mol. The van der Waals surface area contributed by atoms with Crippen LogP contribution in [0.5, 0.6) is 0 Å². The van der Waals surface area contributed by atoms with Crippen LogP contribution in [-0.2, 0) is 9.53 Å². The van der Waals surface area contributed by atoms with E-state index < -0.39 is 11.5 Å². The topological polar surface area (TPSA) is 58.6 Å². The van der Waals surface area contributed by atoms with E-state index >= 15 is 0 Å². The Morgan fingerprint density at radius 2 is 2.05 bits per heavy atom. The summed E-state index contributed by atoms with van der Waals surface area (Å²) in [5.41, 5.74) is -0.874. The van der Waals surface area contributed by atoms with E-state index in [2.05, 4.69) is 26.1 Å². The quantitative estimate of drug-likeness (QED) is 0.641. The largest absolute Gasteiger partial charge is 0.480 e. The van der Waals surface area contributed by atoms with Gasteiger partial charge in [-0.25, -0.2) is 0 Å². The van der Waals surface area contributed by atoms with Crippen LogP contribution >= 0.6 is 0 Å². The highest BCUT2D eigenvalue weighted by atomic mass is 16.5. The van der Waals surface area contributed by atoms with Crippen LogP contribution in [-0.4, -0.2) is 35.9 Å². The normalized spacial score (nSPS) is 20.3. The second-order valence-corrected chi connectivity index (χ2v) is 6.23. The van der Waals surface area contributed by atoms with Crippen LogP contribution in [0.2, 0.25) is 0 Å². The standard InChI is InChI=1S/C15H29NO3/c1-5-8-16-15(14(17)18,13-6-7-13)10-19-12(4)9-11(2)3/h11-13,16H,5-10H2,1-4H3,(H,17,18). The zero-order chi connectivity index (χ0) is 14.5. The molecule has 0 aromatic carbocycles. The van der Waals surface area contributed by atoms with Gasteiger partial charge in [0, 0.05) is 0 Å². The maximum Gasteiger partial charge on any atom is 0.326 e. The van der Waals surface area contributed by atoms with Gasteiger partial charge in [0.1, 0.15) is 5.54 Å². The SMILES string of the molecule is CCCNC(COC(C)CC(C)C)(C(=O)O)C1CC1. The number of carboxylic acid groups (broad SMARTS) is 1. The first kappa shape index (κ1) is 16.4. The summed E-state index contributed by atoms with van der Waals surface area (Å²) in [5.74, 6) is 0.0294. The Bertz CT molecular complexity index is 289. The number of carboxylic acids is 1. The van der Waals surface area contributed by atoms with E-state index in [0.717, 1.165) is 32.2 Å². The summed E-state index contributed by atoms with van der Waals surface area (Å²) in [6.45, 7) is 9.39. The molecule has 2 atom stereocenters. The van der Waals surface area contributed by atoms with Crippen molar-refractivity contribution >= 4 is 5.97 Å². The molecule has 112 valence electrons. The van der Waals surface area contributed by atoms with Gasteiger partial charge in [-0.1, -0.05) is 20.8 Å². The van der Waals surface area contributed by atoms with Gasteiger partial charge in [-0.2, -0.15) is 0 Å². The van der Waals surface area contributed by atoms with Crippen LogP contribution in [0.25, 0.3) is 0 Å². The molecule has 4 heteroatoms. The average Bonchev–Trinajstić information content (AvgIpc) is 3.12. The van der Waals surface area contributed by atoms with Crippen molar-refractivity contribution in [2.75, 3.05) is 13.2 Å². The molecule has 19 heavy (non-hydrogen) atoms. The van der Waals surface area contributed by atoms with E-state index in [1.807, 2.05) is 6.92 Å². The molecule has 0 aromatic heterocycles. The lowest BCUT2D eigenvalue weighted by Gasteiger charge is -2.32. The van der Waals surface area contributed by atoms with Gasteiger partial charge in [-0.15, -0.1) is 0 Å². The van der Waals surface area contributed by atoms with E-state index in [1.165, 1.54) is 0 Å². The Labute approximate surface area is 116 Å². The second-order valence-electron chi connectivity index (χ2n) is 6.23. The van der Waals surface area contributed by atoms with Gasteiger partial charge < -0.3 is 9.84 Å². The first-order valence-corrected chi connectivity index (χ1v) is 7.52. The van der Waals surface area contributed by atoms with Crippen LogP contribution in [0.15, 0.2) is 0 Å². The van der Waals surface area contributed by atoms with Crippen molar-refractivity contribution in [1.82, 2.24) is 5.32 Å². The lowest BCUT2D eigenvalue weighted by atomic mass is 9.93. The van der Waals surface area contributed by atoms with Crippen molar-refractivity contribution in [3.05, 3.63) is 0 Å². The van der Waals surface area contributed by atoms with Crippen molar-refractivity contribution in [2.24, 2.45) is 11.8 Å². The summed E-state index contributed by atoms with van der Waals surface area (Å²) in [7, 11) is 0. The third-order valence-electron chi connectivity index (χ3n) is 3.75. The Balaban J connectivity index is 2.60. The molecule has 1 aliphatic carbocycles. The maximum absolute atomic E-state index is 11.7. The zero-order valence-electron chi connectivity index (χ0n) is 12.7. The minimum atomic E-state index is -0.874. The predicted molar refractivity (Wildman–Crippen MR) is 76.3 cm³/mol. The van der Waals surface area contributed by atoms with E-state index in [4.69, 9.17) is 4.74 Å². The molecule has 0 heterocycles. The molecule has 0 aliphatic heterocycles. The number of hydrogen-bond donors (Lipinski definition) is 2. The summed E-state index contributed by atoms with van der Waals surface area (Å²) in [6.07, 6.45) is 3.99. The summed E-state index contributed by atoms with van der Waals surface area (Å²) < 4.78 is 5.83. The van der Waals surface area contributed by atoms with Crippen LogP contribution in [0.1, 0.15) is 53.4 Å². The third kappa shape index (κ3) is 4.77. The molecule has 0 radical (unpaired) electrons. The average molecular weight is 271 g/mol. The zero-order valence-corrected chi connectivity index (χ0v) is 12.7. The van der Waals surface area contributed by atoms with Gasteiger partial charge in [-0.05, 0) is 51.0 Å². The summed E-state index contributed by atoms with van der Waals surface area (Å²) in [6, 6.07) is 0.